The summed E-state index contributed by atoms with van der Waals surface area (Å²) in [6, 6.07) is 17.8. The van der Waals surface area contributed by atoms with E-state index in [1.54, 1.807) is 0 Å². The minimum absolute atomic E-state index is 0.00385. The van der Waals surface area contributed by atoms with Crippen molar-refractivity contribution in [2.24, 2.45) is 5.92 Å². The van der Waals surface area contributed by atoms with Gasteiger partial charge in [0.15, 0.2) is 0 Å². The molecule has 174 valence electrons. The molecular weight excluding hydrogens is 414 g/mol. The first-order chi connectivity index (χ1) is 15.8. The fourth-order valence-electron chi connectivity index (χ4n) is 4.39. The summed E-state index contributed by atoms with van der Waals surface area (Å²) in [6.45, 7) is 7.90. The number of carbonyl (C=O) groups is 2. The van der Waals surface area contributed by atoms with Crippen LogP contribution in [0.5, 0.6) is 0 Å². The molecule has 0 unspecified atom stereocenters. The summed E-state index contributed by atoms with van der Waals surface area (Å²) >= 11 is 0. The van der Waals surface area contributed by atoms with Crippen molar-refractivity contribution in [3.8, 4) is 0 Å². The largest absolute Gasteiger partial charge is 0.373 e. The quantitative estimate of drug-likeness (QED) is 0.512. The molecule has 2 heterocycles. The Balaban J connectivity index is 1.63. The molecule has 6 nitrogen and oxygen atoms in total. The molecule has 0 aliphatic carbocycles. The Morgan fingerprint density at radius 3 is 2.61 bits per heavy atom. The molecule has 6 heteroatoms. The number of ether oxygens (including phenoxy) is 1. The topological polar surface area (TPSA) is 72.4 Å². The summed E-state index contributed by atoms with van der Waals surface area (Å²) in [4.78, 5) is 25.5. The fourth-order valence-corrected chi connectivity index (χ4v) is 4.39. The maximum atomic E-state index is 13.3. The molecule has 1 fully saturated rings. The third kappa shape index (κ3) is 5.63. The molecule has 2 amide bonds. The lowest BCUT2D eigenvalue weighted by Crippen LogP contribution is -2.40. The smallest absolute Gasteiger partial charge is 0.268 e. The summed E-state index contributed by atoms with van der Waals surface area (Å²) in [5.41, 5.74) is 3.10. The van der Waals surface area contributed by atoms with Crippen molar-refractivity contribution >= 4 is 28.4 Å². The predicted molar refractivity (Wildman–Crippen MR) is 131 cm³/mol. The van der Waals surface area contributed by atoms with E-state index in [1.165, 1.54) is 0 Å². The Morgan fingerprint density at radius 2 is 1.91 bits per heavy atom. The van der Waals surface area contributed by atoms with Gasteiger partial charge in [0.25, 0.3) is 5.91 Å². The number of nitrogens with zero attached hydrogens (tertiary/aromatic N) is 1. The monoisotopic (exact) mass is 447 g/mol. The third-order valence-corrected chi connectivity index (χ3v) is 6.12. The van der Waals surface area contributed by atoms with Crippen LogP contribution in [-0.4, -0.2) is 35.1 Å². The van der Waals surface area contributed by atoms with Crippen LogP contribution in [0.2, 0.25) is 0 Å². The first kappa shape index (κ1) is 23.1. The van der Waals surface area contributed by atoms with Crippen molar-refractivity contribution in [1.29, 1.82) is 0 Å². The van der Waals surface area contributed by atoms with E-state index in [4.69, 9.17) is 4.74 Å². The van der Waals surface area contributed by atoms with Crippen molar-refractivity contribution in [3.05, 3.63) is 65.9 Å². The van der Waals surface area contributed by atoms with E-state index in [2.05, 4.69) is 22.8 Å². The van der Waals surface area contributed by atoms with E-state index in [0.717, 1.165) is 41.6 Å². The molecule has 33 heavy (non-hydrogen) atoms. The van der Waals surface area contributed by atoms with Crippen molar-refractivity contribution in [2.75, 3.05) is 18.5 Å². The zero-order valence-corrected chi connectivity index (χ0v) is 19.7. The van der Waals surface area contributed by atoms with Crippen LogP contribution in [0.25, 0.3) is 10.9 Å². The molecule has 2 N–H and O–H groups in total. The van der Waals surface area contributed by atoms with Crippen LogP contribution in [0.1, 0.15) is 56.1 Å². The van der Waals surface area contributed by atoms with Crippen LogP contribution >= 0.6 is 0 Å². The normalized spacial score (nSPS) is 18.1. The number of benzene rings is 2. The van der Waals surface area contributed by atoms with Gasteiger partial charge in [0.05, 0.1) is 5.60 Å². The maximum Gasteiger partial charge on any atom is 0.268 e. The number of aromatic nitrogens is 1. The molecule has 0 spiro atoms. The van der Waals surface area contributed by atoms with Gasteiger partial charge in [0.2, 0.25) is 5.91 Å². The minimum atomic E-state index is -0.306. The highest BCUT2D eigenvalue weighted by molar-refractivity contribution is 6.00. The first-order valence-corrected chi connectivity index (χ1v) is 11.7. The fraction of sp³-hybridized carbons (Fsp3) is 0.407. The van der Waals surface area contributed by atoms with Gasteiger partial charge in [-0.1, -0.05) is 44.2 Å². The van der Waals surface area contributed by atoms with Gasteiger partial charge in [-0.15, -0.1) is 0 Å². The summed E-state index contributed by atoms with van der Waals surface area (Å²) in [5.74, 6) is 0.168. The molecule has 1 aromatic heterocycles. The predicted octanol–water partition coefficient (Wildman–Crippen LogP) is 4.97. The van der Waals surface area contributed by atoms with Crippen LogP contribution < -0.4 is 10.6 Å². The van der Waals surface area contributed by atoms with E-state index in [1.807, 2.05) is 67.8 Å². The number of hydrogen-bond donors (Lipinski definition) is 2. The van der Waals surface area contributed by atoms with Crippen molar-refractivity contribution in [2.45, 2.75) is 52.2 Å². The number of carbonyl (C=O) groups excluding carboxylic acids is 2. The van der Waals surface area contributed by atoms with Gasteiger partial charge in [-0.2, -0.15) is 0 Å². The molecule has 3 aromatic rings. The van der Waals surface area contributed by atoms with Gasteiger partial charge in [0, 0.05) is 42.7 Å². The van der Waals surface area contributed by atoms with Crippen molar-refractivity contribution < 1.29 is 14.3 Å². The second-order valence-corrected chi connectivity index (χ2v) is 9.61. The second kappa shape index (κ2) is 9.79. The molecule has 4 rings (SSSR count). The molecule has 1 saturated heterocycles. The Bertz CT molecular complexity index is 1130. The summed E-state index contributed by atoms with van der Waals surface area (Å²) in [7, 11) is 0. The lowest BCUT2D eigenvalue weighted by molar-refractivity contribution is -0.116. The molecule has 0 radical (unpaired) electrons. The second-order valence-electron chi connectivity index (χ2n) is 9.61. The van der Waals surface area contributed by atoms with E-state index in [0.29, 0.717) is 31.1 Å². The van der Waals surface area contributed by atoms with Gasteiger partial charge in [-0.05, 0) is 55.5 Å². The van der Waals surface area contributed by atoms with Crippen LogP contribution in [0, 0.1) is 5.92 Å². The number of amides is 2. The highest BCUT2D eigenvalue weighted by Gasteiger charge is 2.30. The summed E-state index contributed by atoms with van der Waals surface area (Å²) in [5, 5.41) is 6.98. The third-order valence-electron chi connectivity index (χ3n) is 6.12. The average Bonchev–Trinajstić information content (AvgIpc) is 3.36. The summed E-state index contributed by atoms with van der Waals surface area (Å²) in [6.07, 6.45) is 2.44. The zero-order chi connectivity index (χ0) is 23.4. The van der Waals surface area contributed by atoms with Gasteiger partial charge in [0.1, 0.15) is 5.69 Å². The molecule has 1 aliphatic rings. The maximum absolute atomic E-state index is 13.3. The Kier molecular flexibility index (Phi) is 6.84. The minimum Gasteiger partial charge on any atom is -0.373 e. The SMILES string of the molecule is CC(C)CC(=O)Nc1ccc2c(c1)cc(C(=O)NC[C@@]1(C)CCCO1)n2Cc1ccccc1. The number of rotatable bonds is 8. The zero-order valence-electron chi connectivity index (χ0n) is 19.7. The van der Waals surface area contributed by atoms with Crippen molar-refractivity contribution in [3.63, 3.8) is 0 Å². The van der Waals surface area contributed by atoms with E-state index in [9.17, 15) is 9.59 Å². The van der Waals surface area contributed by atoms with Crippen LogP contribution in [0.15, 0.2) is 54.6 Å². The van der Waals surface area contributed by atoms with Crippen molar-refractivity contribution in [1.82, 2.24) is 9.88 Å². The van der Waals surface area contributed by atoms with Crippen LogP contribution in [-0.2, 0) is 16.1 Å². The molecule has 0 bridgehead atoms. The molecule has 1 atom stereocenters. The number of nitrogens with one attached hydrogen (secondary N) is 2. The Labute approximate surface area is 195 Å². The lowest BCUT2D eigenvalue weighted by atomic mass is 10.0. The standard InChI is InChI=1S/C27H33N3O3/c1-19(2)14-25(31)29-22-10-11-23-21(15-22)16-24(30(23)17-20-8-5-4-6-9-20)26(32)28-18-27(3)12-7-13-33-27/h4-6,8-11,15-16,19H,7,12-14,17-18H2,1-3H3,(H,28,32)(H,29,31)/t27-/m1/s1. The van der Waals surface area contributed by atoms with E-state index >= 15 is 0 Å². The van der Waals surface area contributed by atoms with Gasteiger partial charge >= 0.3 is 0 Å². The van der Waals surface area contributed by atoms with E-state index in [-0.39, 0.29) is 17.4 Å². The van der Waals surface area contributed by atoms with Gasteiger partial charge in [-0.3, -0.25) is 9.59 Å². The average molecular weight is 448 g/mol. The molecule has 1 aliphatic heterocycles. The first-order valence-electron chi connectivity index (χ1n) is 11.7. The highest BCUT2D eigenvalue weighted by Crippen LogP contribution is 2.27. The molecular formula is C27H33N3O3. The van der Waals surface area contributed by atoms with Gasteiger partial charge in [-0.25, -0.2) is 0 Å². The lowest BCUT2D eigenvalue weighted by Gasteiger charge is -2.23. The van der Waals surface area contributed by atoms with E-state index < -0.39 is 0 Å². The number of anilines is 1. The Morgan fingerprint density at radius 1 is 1.12 bits per heavy atom. The summed E-state index contributed by atoms with van der Waals surface area (Å²) < 4.78 is 7.87. The van der Waals surface area contributed by atoms with Crippen LogP contribution in [0.3, 0.4) is 0 Å². The van der Waals surface area contributed by atoms with Gasteiger partial charge < -0.3 is 19.9 Å². The van der Waals surface area contributed by atoms with Crippen LogP contribution in [0.4, 0.5) is 5.69 Å². The number of hydrogen-bond acceptors (Lipinski definition) is 3. The number of fused-ring (bicyclic) bond motifs is 1. The molecule has 2 aromatic carbocycles. The molecule has 0 saturated carbocycles. The highest BCUT2D eigenvalue weighted by atomic mass is 16.5. The Hall–Kier alpha value is -3.12.